The standard InChI is InChI=1S/C9H14ClNO2/c1-11(5-2-3-9(10)12)8-4-6-13-7-8/h2-3,8H,4-7H2,1H3/b3-2+. The van der Waals surface area contributed by atoms with Crippen molar-refractivity contribution in [1.29, 1.82) is 0 Å². The fourth-order valence-corrected chi connectivity index (χ4v) is 1.42. The first-order valence-electron chi connectivity index (χ1n) is 4.34. The predicted octanol–water partition coefficient (Wildman–Crippen LogP) is 1.03. The van der Waals surface area contributed by atoms with Gasteiger partial charge in [-0.3, -0.25) is 9.69 Å². The van der Waals surface area contributed by atoms with Gasteiger partial charge in [-0.15, -0.1) is 0 Å². The Morgan fingerprint density at radius 3 is 3.08 bits per heavy atom. The van der Waals surface area contributed by atoms with E-state index in [-0.39, 0.29) is 0 Å². The van der Waals surface area contributed by atoms with Crippen LogP contribution in [0.3, 0.4) is 0 Å². The first-order chi connectivity index (χ1) is 6.20. The molecule has 0 aromatic carbocycles. The Morgan fingerprint density at radius 2 is 2.54 bits per heavy atom. The molecule has 0 bridgehead atoms. The number of allylic oxidation sites excluding steroid dienone is 1. The lowest BCUT2D eigenvalue weighted by molar-refractivity contribution is -0.107. The fraction of sp³-hybridized carbons (Fsp3) is 0.667. The summed E-state index contributed by atoms with van der Waals surface area (Å²) in [6, 6.07) is 0.482. The third kappa shape index (κ3) is 3.89. The molecule has 1 fully saturated rings. The van der Waals surface area contributed by atoms with Crippen molar-refractivity contribution in [2.24, 2.45) is 0 Å². The Labute approximate surface area is 83.3 Å². The zero-order valence-corrected chi connectivity index (χ0v) is 8.46. The zero-order chi connectivity index (χ0) is 9.68. The highest BCUT2D eigenvalue weighted by atomic mass is 35.5. The van der Waals surface area contributed by atoms with Crippen LogP contribution in [0.4, 0.5) is 0 Å². The lowest BCUT2D eigenvalue weighted by atomic mass is 10.2. The number of likely N-dealkylation sites (N-methyl/N-ethyl adjacent to an activating group) is 1. The smallest absolute Gasteiger partial charge is 0.244 e. The first-order valence-corrected chi connectivity index (χ1v) is 4.72. The Balaban J connectivity index is 2.23. The van der Waals surface area contributed by atoms with Crippen LogP contribution in [-0.4, -0.2) is 43.0 Å². The van der Waals surface area contributed by atoms with Gasteiger partial charge in [0.2, 0.25) is 5.24 Å². The van der Waals surface area contributed by atoms with Crippen molar-refractivity contribution < 1.29 is 9.53 Å². The van der Waals surface area contributed by atoms with Gasteiger partial charge in [0.05, 0.1) is 6.61 Å². The van der Waals surface area contributed by atoms with Gasteiger partial charge in [0, 0.05) is 19.2 Å². The summed E-state index contributed by atoms with van der Waals surface area (Å²) in [6.45, 7) is 2.37. The summed E-state index contributed by atoms with van der Waals surface area (Å²) in [6.07, 6.45) is 4.22. The van der Waals surface area contributed by atoms with Crippen LogP contribution in [0, 0.1) is 0 Å². The number of nitrogens with zero attached hydrogens (tertiary/aromatic N) is 1. The molecule has 4 heteroatoms. The van der Waals surface area contributed by atoms with Crippen molar-refractivity contribution in [3.8, 4) is 0 Å². The second-order valence-electron chi connectivity index (χ2n) is 3.16. The van der Waals surface area contributed by atoms with E-state index in [9.17, 15) is 4.79 Å². The molecule has 1 atom stereocenters. The molecule has 1 heterocycles. The number of hydrogen-bond donors (Lipinski definition) is 0. The minimum absolute atomic E-state index is 0.420. The number of rotatable bonds is 4. The summed E-state index contributed by atoms with van der Waals surface area (Å²) in [5.74, 6) is 0. The minimum atomic E-state index is -0.420. The van der Waals surface area contributed by atoms with Gasteiger partial charge in [-0.2, -0.15) is 0 Å². The largest absolute Gasteiger partial charge is 0.380 e. The van der Waals surface area contributed by atoms with Crippen molar-refractivity contribution in [2.45, 2.75) is 12.5 Å². The van der Waals surface area contributed by atoms with Crippen molar-refractivity contribution in [3.63, 3.8) is 0 Å². The second kappa shape index (κ2) is 5.37. The highest BCUT2D eigenvalue weighted by Gasteiger charge is 2.18. The molecule has 1 aliphatic rings. The van der Waals surface area contributed by atoms with E-state index < -0.39 is 5.24 Å². The molecular formula is C9H14ClNO2. The molecule has 0 radical (unpaired) electrons. The average molecular weight is 204 g/mol. The van der Waals surface area contributed by atoms with Crippen LogP contribution in [-0.2, 0) is 9.53 Å². The molecular weight excluding hydrogens is 190 g/mol. The zero-order valence-electron chi connectivity index (χ0n) is 7.70. The average Bonchev–Trinajstić information content (AvgIpc) is 2.55. The van der Waals surface area contributed by atoms with E-state index in [0.717, 1.165) is 26.2 Å². The Kier molecular flexibility index (Phi) is 4.42. The van der Waals surface area contributed by atoms with E-state index in [2.05, 4.69) is 4.90 Å². The quantitative estimate of drug-likeness (QED) is 0.505. The maximum absolute atomic E-state index is 10.4. The van der Waals surface area contributed by atoms with Crippen LogP contribution in [0.2, 0.25) is 0 Å². The molecule has 0 amide bonds. The van der Waals surface area contributed by atoms with Gasteiger partial charge in [0.15, 0.2) is 0 Å². The maximum Gasteiger partial charge on any atom is 0.244 e. The molecule has 0 aromatic rings. The van der Waals surface area contributed by atoms with E-state index in [4.69, 9.17) is 16.3 Å². The normalized spacial score (nSPS) is 23.2. The predicted molar refractivity (Wildman–Crippen MR) is 51.9 cm³/mol. The highest BCUT2D eigenvalue weighted by molar-refractivity contribution is 6.66. The van der Waals surface area contributed by atoms with E-state index in [1.807, 2.05) is 7.05 Å². The molecule has 74 valence electrons. The van der Waals surface area contributed by atoms with Crippen LogP contribution in [0.1, 0.15) is 6.42 Å². The number of carbonyl (C=O) groups is 1. The summed E-state index contributed by atoms with van der Waals surface area (Å²) in [7, 11) is 2.02. The molecule has 13 heavy (non-hydrogen) atoms. The van der Waals surface area contributed by atoms with E-state index in [1.54, 1.807) is 6.08 Å². The van der Waals surface area contributed by atoms with E-state index in [1.165, 1.54) is 6.08 Å². The van der Waals surface area contributed by atoms with Gasteiger partial charge in [0.25, 0.3) is 0 Å². The van der Waals surface area contributed by atoms with Crippen LogP contribution in [0.25, 0.3) is 0 Å². The Hall–Kier alpha value is -0.380. The Bertz CT molecular complexity index is 200. The van der Waals surface area contributed by atoms with Crippen molar-refractivity contribution >= 4 is 16.8 Å². The van der Waals surface area contributed by atoms with Gasteiger partial charge in [0.1, 0.15) is 0 Å². The first kappa shape index (κ1) is 10.7. The molecule has 0 spiro atoms. The van der Waals surface area contributed by atoms with Crippen LogP contribution < -0.4 is 0 Å². The molecule has 0 aliphatic carbocycles. The van der Waals surface area contributed by atoms with Crippen LogP contribution >= 0.6 is 11.6 Å². The van der Waals surface area contributed by atoms with E-state index in [0.29, 0.717) is 6.04 Å². The molecule has 3 nitrogen and oxygen atoms in total. The second-order valence-corrected chi connectivity index (χ2v) is 3.54. The monoisotopic (exact) mass is 203 g/mol. The van der Waals surface area contributed by atoms with Crippen molar-refractivity contribution in [2.75, 3.05) is 26.8 Å². The lowest BCUT2D eigenvalue weighted by Crippen LogP contribution is -2.31. The van der Waals surface area contributed by atoms with Gasteiger partial charge >= 0.3 is 0 Å². The summed E-state index contributed by atoms with van der Waals surface area (Å²) < 4.78 is 5.25. The maximum atomic E-state index is 10.4. The van der Waals surface area contributed by atoms with E-state index >= 15 is 0 Å². The number of ether oxygens (including phenoxy) is 1. The van der Waals surface area contributed by atoms with Crippen molar-refractivity contribution in [1.82, 2.24) is 4.90 Å². The highest BCUT2D eigenvalue weighted by Crippen LogP contribution is 2.09. The summed E-state index contributed by atoms with van der Waals surface area (Å²) in [5, 5.41) is -0.420. The van der Waals surface area contributed by atoms with Crippen molar-refractivity contribution in [3.05, 3.63) is 12.2 Å². The Morgan fingerprint density at radius 1 is 1.77 bits per heavy atom. The molecule has 1 rings (SSSR count). The SMILES string of the molecule is CN(C/C=C/C(=O)Cl)C1CCOC1. The van der Waals surface area contributed by atoms with Crippen LogP contribution in [0.5, 0.6) is 0 Å². The van der Waals surface area contributed by atoms with Gasteiger partial charge in [-0.1, -0.05) is 6.08 Å². The third-order valence-corrected chi connectivity index (χ3v) is 2.30. The summed E-state index contributed by atoms with van der Waals surface area (Å²) in [5.41, 5.74) is 0. The summed E-state index contributed by atoms with van der Waals surface area (Å²) >= 11 is 5.15. The molecule has 1 aliphatic heterocycles. The lowest BCUT2D eigenvalue weighted by Gasteiger charge is -2.20. The molecule has 1 unspecified atom stereocenters. The molecule has 1 saturated heterocycles. The molecule has 0 saturated carbocycles. The van der Waals surface area contributed by atoms with Gasteiger partial charge in [-0.25, -0.2) is 0 Å². The molecule has 0 N–H and O–H groups in total. The van der Waals surface area contributed by atoms with Gasteiger partial charge in [-0.05, 0) is 31.1 Å². The van der Waals surface area contributed by atoms with Gasteiger partial charge < -0.3 is 4.74 Å². The third-order valence-electron chi connectivity index (χ3n) is 2.17. The molecule has 0 aromatic heterocycles. The number of carbonyl (C=O) groups excluding carboxylic acids is 1. The number of halogens is 1. The topological polar surface area (TPSA) is 29.5 Å². The fourth-order valence-electron chi connectivity index (χ4n) is 1.33. The summed E-state index contributed by atoms with van der Waals surface area (Å²) in [4.78, 5) is 12.5. The number of hydrogen-bond acceptors (Lipinski definition) is 3. The minimum Gasteiger partial charge on any atom is -0.380 e. The van der Waals surface area contributed by atoms with Crippen LogP contribution in [0.15, 0.2) is 12.2 Å².